The van der Waals surface area contributed by atoms with E-state index in [0.29, 0.717) is 0 Å². The van der Waals surface area contributed by atoms with E-state index in [4.69, 9.17) is 0 Å². The van der Waals surface area contributed by atoms with Crippen molar-refractivity contribution in [3.8, 4) is 0 Å². The van der Waals surface area contributed by atoms with Crippen molar-refractivity contribution in [1.29, 1.82) is 0 Å². The average molecular weight is 336 g/mol. The maximum atomic E-state index is 10.9. The number of aromatic nitrogens is 1. The van der Waals surface area contributed by atoms with Gasteiger partial charge in [-0.25, -0.2) is 0 Å². The molecule has 1 N–H and O–H groups in total. The lowest BCUT2D eigenvalue weighted by atomic mass is 9.48. The van der Waals surface area contributed by atoms with Crippen LogP contribution in [0.3, 0.4) is 0 Å². The highest BCUT2D eigenvalue weighted by Gasteiger charge is 2.53. The second-order valence-corrected chi connectivity index (χ2v) is 8.38. The molecule has 0 saturated heterocycles. The Morgan fingerprint density at radius 2 is 1.75 bits per heavy atom. The van der Waals surface area contributed by atoms with Gasteiger partial charge in [-0.05, 0) is 89.8 Å². The summed E-state index contributed by atoms with van der Waals surface area (Å²) in [6.07, 6.45) is 10.4. The molecule has 3 heteroatoms. The van der Waals surface area contributed by atoms with E-state index < -0.39 is 0 Å². The average Bonchev–Trinajstić information content (AvgIpc) is 2.40. The number of aliphatic hydroxyl groups is 1. The van der Waals surface area contributed by atoms with Crippen LogP contribution in [0.5, 0.6) is 0 Å². The van der Waals surface area contributed by atoms with Gasteiger partial charge in [0.1, 0.15) is 0 Å². The normalized spacial score (nSPS) is 40.0. The van der Waals surface area contributed by atoms with Crippen LogP contribution >= 0.6 is 15.9 Å². The van der Waals surface area contributed by atoms with Crippen LogP contribution in [0.15, 0.2) is 22.8 Å². The van der Waals surface area contributed by atoms with Crippen LogP contribution in [0.1, 0.15) is 44.2 Å². The van der Waals surface area contributed by atoms with Crippen LogP contribution in [0.2, 0.25) is 0 Å². The third kappa shape index (κ3) is 2.23. The van der Waals surface area contributed by atoms with Gasteiger partial charge in [0, 0.05) is 22.8 Å². The predicted molar refractivity (Wildman–Crippen MR) is 82.3 cm³/mol. The SMILES string of the molecule is OC(Cc1ccc(Br)cn1)C12CC3CC(CC(C3)C1)C2. The molecule has 1 unspecified atom stereocenters. The summed E-state index contributed by atoms with van der Waals surface area (Å²) in [6.45, 7) is 0. The maximum absolute atomic E-state index is 10.9. The number of aliphatic hydroxyl groups excluding tert-OH is 1. The number of pyridine rings is 1. The van der Waals surface area contributed by atoms with E-state index in [0.717, 1.165) is 34.3 Å². The topological polar surface area (TPSA) is 33.1 Å². The van der Waals surface area contributed by atoms with Gasteiger partial charge >= 0.3 is 0 Å². The van der Waals surface area contributed by atoms with E-state index in [2.05, 4.69) is 20.9 Å². The van der Waals surface area contributed by atoms with Crippen LogP contribution in [-0.2, 0) is 6.42 Å². The van der Waals surface area contributed by atoms with E-state index in [9.17, 15) is 5.11 Å². The zero-order valence-corrected chi connectivity index (χ0v) is 13.3. The Morgan fingerprint density at radius 1 is 1.15 bits per heavy atom. The third-order valence-electron chi connectivity index (χ3n) is 5.98. The zero-order chi connectivity index (χ0) is 13.7. The fourth-order valence-corrected chi connectivity index (χ4v) is 5.76. The first-order valence-electron chi connectivity index (χ1n) is 7.91. The minimum absolute atomic E-state index is 0.204. The van der Waals surface area contributed by atoms with Gasteiger partial charge in [0.2, 0.25) is 0 Å². The van der Waals surface area contributed by atoms with E-state index in [1.54, 1.807) is 0 Å². The lowest BCUT2D eigenvalue weighted by Crippen LogP contribution is -2.52. The highest BCUT2D eigenvalue weighted by atomic mass is 79.9. The Labute approximate surface area is 129 Å². The van der Waals surface area contributed by atoms with E-state index in [1.165, 1.54) is 38.5 Å². The summed E-state index contributed by atoms with van der Waals surface area (Å²) >= 11 is 3.42. The minimum atomic E-state index is -0.204. The Hall–Kier alpha value is -0.410. The fourth-order valence-electron chi connectivity index (χ4n) is 5.53. The molecule has 0 spiro atoms. The van der Waals surface area contributed by atoms with Crippen LogP contribution in [0.25, 0.3) is 0 Å². The Bertz CT molecular complexity index is 463. The van der Waals surface area contributed by atoms with Crippen LogP contribution in [0, 0.1) is 23.2 Å². The minimum Gasteiger partial charge on any atom is -0.392 e. The summed E-state index contributed by atoms with van der Waals surface area (Å²) in [5, 5.41) is 10.9. The summed E-state index contributed by atoms with van der Waals surface area (Å²) in [5.74, 6) is 2.69. The molecule has 1 aromatic rings. The van der Waals surface area contributed by atoms with Crippen LogP contribution in [0.4, 0.5) is 0 Å². The molecule has 4 aliphatic rings. The monoisotopic (exact) mass is 335 g/mol. The molecule has 4 bridgehead atoms. The van der Waals surface area contributed by atoms with E-state index >= 15 is 0 Å². The predicted octanol–water partition coefficient (Wildman–Crippen LogP) is 3.96. The molecular weight excluding hydrogens is 314 g/mol. The molecule has 1 heterocycles. The fraction of sp³-hybridized carbons (Fsp3) is 0.706. The molecule has 108 valence electrons. The molecule has 1 atom stereocenters. The zero-order valence-electron chi connectivity index (χ0n) is 11.8. The lowest BCUT2D eigenvalue weighted by molar-refractivity contribution is -0.119. The molecule has 1 aromatic heterocycles. The van der Waals surface area contributed by atoms with Crippen molar-refractivity contribution >= 4 is 15.9 Å². The summed E-state index contributed by atoms with van der Waals surface area (Å²) in [4.78, 5) is 4.44. The van der Waals surface area contributed by atoms with Gasteiger partial charge in [-0.3, -0.25) is 4.98 Å². The summed E-state index contributed by atoms with van der Waals surface area (Å²) in [7, 11) is 0. The lowest BCUT2D eigenvalue weighted by Gasteiger charge is -2.58. The molecule has 2 nitrogen and oxygen atoms in total. The summed E-state index contributed by atoms with van der Waals surface area (Å²) in [5.41, 5.74) is 1.24. The number of hydrogen-bond donors (Lipinski definition) is 1. The first-order chi connectivity index (χ1) is 9.63. The first-order valence-corrected chi connectivity index (χ1v) is 8.71. The van der Waals surface area contributed by atoms with Crippen molar-refractivity contribution in [2.24, 2.45) is 23.2 Å². The van der Waals surface area contributed by atoms with Crippen molar-refractivity contribution in [3.05, 3.63) is 28.5 Å². The molecule has 4 fully saturated rings. The maximum Gasteiger partial charge on any atom is 0.0652 e. The summed E-state index contributed by atoms with van der Waals surface area (Å²) < 4.78 is 1.01. The van der Waals surface area contributed by atoms with E-state index in [1.807, 2.05) is 18.3 Å². The van der Waals surface area contributed by atoms with Gasteiger partial charge < -0.3 is 5.11 Å². The van der Waals surface area contributed by atoms with E-state index in [-0.39, 0.29) is 11.5 Å². The second kappa shape index (κ2) is 4.81. The number of hydrogen-bond acceptors (Lipinski definition) is 2. The molecular formula is C17H22BrNO. The van der Waals surface area contributed by atoms with Gasteiger partial charge in [-0.15, -0.1) is 0 Å². The number of rotatable bonds is 3. The third-order valence-corrected chi connectivity index (χ3v) is 6.45. The molecule has 0 radical (unpaired) electrons. The molecule has 0 aromatic carbocycles. The van der Waals surface area contributed by atoms with Gasteiger partial charge in [0.15, 0.2) is 0 Å². The molecule has 0 amide bonds. The molecule has 20 heavy (non-hydrogen) atoms. The first kappa shape index (κ1) is 13.3. The van der Waals surface area contributed by atoms with Gasteiger partial charge in [-0.1, -0.05) is 0 Å². The molecule has 5 rings (SSSR count). The Balaban J connectivity index is 1.53. The van der Waals surface area contributed by atoms with Crippen molar-refractivity contribution in [2.45, 2.75) is 51.0 Å². The van der Waals surface area contributed by atoms with Crippen molar-refractivity contribution in [1.82, 2.24) is 4.98 Å². The van der Waals surface area contributed by atoms with Crippen molar-refractivity contribution in [3.63, 3.8) is 0 Å². The molecule has 4 saturated carbocycles. The molecule has 4 aliphatic carbocycles. The van der Waals surface area contributed by atoms with Crippen LogP contribution < -0.4 is 0 Å². The van der Waals surface area contributed by atoms with Gasteiger partial charge in [-0.2, -0.15) is 0 Å². The van der Waals surface area contributed by atoms with Crippen molar-refractivity contribution in [2.75, 3.05) is 0 Å². The number of nitrogens with zero attached hydrogens (tertiary/aromatic N) is 1. The van der Waals surface area contributed by atoms with Crippen molar-refractivity contribution < 1.29 is 5.11 Å². The largest absolute Gasteiger partial charge is 0.392 e. The summed E-state index contributed by atoms with van der Waals surface area (Å²) in [6, 6.07) is 4.06. The standard InChI is InChI=1S/C17H22BrNO/c18-14-1-2-15(19-10-14)6-16(20)17-7-11-3-12(8-17)5-13(4-11)9-17/h1-2,10-13,16,20H,3-9H2. The highest BCUT2D eigenvalue weighted by molar-refractivity contribution is 9.10. The number of halogens is 1. The quantitative estimate of drug-likeness (QED) is 0.906. The smallest absolute Gasteiger partial charge is 0.0652 e. The Morgan fingerprint density at radius 3 is 2.25 bits per heavy atom. The second-order valence-electron chi connectivity index (χ2n) is 7.47. The van der Waals surface area contributed by atoms with Crippen LogP contribution in [-0.4, -0.2) is 16.2 Å². The van der Waals surface area contributed by atoms with Gasteiger partial charge in [0.25, 0.3) is 0 Å². The van der Waals surface area contributed by atoms with Gasteiger partial charge in [0.05, 0.1) is 6.10 Å². The highest BCUT2D eigenvalue weighted by Crippen LogP contribution is 2.61. The Kier molecular flexibility index (Phi) is 3.19. The molecule has 0 aliphatic heterocycles.